The molecule has 1 rings (SSSR count). The maximum absolute atomic E-state index is 11.3. The lowest BCUT2D eigenvalue weighted by molar-refractivity contribution is -0.144. The number of rotatable bonds is 3. The first-order valence-electron chi connectivity index (χ1n) is 4.55. The van der Waals surface area contributed by atoms with Crippen LogP contribution in [-0.4, -0.2) is 43.2 Å². The van der Waals surface area contributed by atoms with E-state index in [9.17, 15) is 4.79 Å². The van der Waals surface area contributed by atoms with Crippen LogP contribution >= 0.6 is 0 Å². The Morgan fingerprint density at radius 2 is 2.15 bits per heavy atom. The Kier molecular flexibility index (Phi) is 2.93. The molecular weight excluding hydrogens is 168 g/mol. The normalized spacial score (nSPS) is 20.2. The topological polar surface area (TPSA) is 55.6 Å². The van der Waals surface area contributed by atoms with E-state index in [1.54, 1.807) is 4.90 Å². The summed E-state index contributed by atoms with van der Waals surface area (Å²) in [4.78, 5) is 13.0. The Balaban J connectivity index is 2.36. The van der Waals surface area contributed by atoms with Crippen molar-refractivity contribution in [1.29, 1.82) is 0 Å². The number of ether oxygens (including phenoxy) is 1. The summed E-state index contributed by atoms with van der Waals surface area (Å²) in [5.41, 5.74) is 5.86. The van der Waals surface area contributed by atoms with Crippen molar-refractivity contribution in [3.8, 4) is 0 Å². The molecule has 0 aromatic rings. The fourth-order valence-corrected chi connectivity index (χ4v) is 1.42. The third-order valence-electron chi connectivity index (χ3n) is 2.74. The third-order valence-corrected chi connectivity index (χ3v) is 2.74. The largest absolute Gasteiger partial charge is 0.375 e. The lowest BCUT2D eigenvalue weighted by atomic mass is 9.80. The zero-order chi connectivity index (χ0) is 10.1. The molecule has 1 heterocycles. The standard InChI is InChI=1S/C9H18N2O2/c1-7(2)9(10)5-11(6-9)8(12)4-13-3/h7H,4-6,10H2,1-3H3. The van der Waals surface area contributed by atoms with Crippen molar-refractivity contribution >= 4 is 5.91 Å². The number of carbonyl (C=O) groups excluding carboxylic acids is 1. The van der Waals surface area contributed by atoms with Crippen molar-refractivity contribution in [2.24, 2.45) is 11.7 Å². The molecule has 0 aromatic carbocycles. The summed E-state index contributed by atoms with van der Waals surface area (Å²) in [6, 6.07) is 0. The quantitative estimate of drug-likeness (QED) is 0.665. The molecule has 13 heavy (non-hydrogen) atoms. The molecule has 0 atom stereocenters. The molecule has 1 saturated heterocycles. The lowest BCUT2D eigenvalue weighted by Gasteiger charge is -2.50. The van der Waals surface area contributed by atoms with Crippen LogP contribution in [0.25, 0.3) is 0 Å². The smallest absolute Gasteiger partial charge is 0.248 e. The first-order valence-corrected chi connectivity index (χ1v) is 4.55. The van der Waals surface area contributed by atoms with Gasteiger partial charge in [-0.25, -0.2) is 0 Å². The minimum absolute atomic E-state index is 0.0317. The van der Waals surface area contributed by atoms with Gasteiger partial charge in [0.05, 0.1) is 5.54 Å². The lowest BCUT2D eigenvalue weighted by Crippen LogP contribution is -2.71. The molecule has 0 aliphatic carbocycles. The molecule has 76 valence electrons. The first kappa shape index (κ1) is 10.5. The van der Waals surface area contributed by atoms with Crippen LogP contribution in [0, 0.1) is 5.92 Å². The summed E-state index contributed by atoms with van der Waals surface area (Å²) in [6.07, 6.45) is 0. The summed E-state index contributed by atoms with van der Waals surface area (Å²) in [5, 5.41) is 0. The van der Waals surface area contributed by atoms with Crippen molar-refractivity contribution in [3.05, 3.63) is 0 Å². The predicted molar refractivity (Wildman–Crippen MR) is 50.2 cm³/mol. The highest BCUT2D eigenvalue weighted by Crippen LogP contribution is 2.25. The number of nitrogens with two attached hydrogens (primary N) is 1. The number of likely N-dealkylation sites (tertiary alicyclic amines) is 1. The molecular formula is C9H18N2O2. The number of amides is 1. The predicted octanol–water partition coefficient (Wildman–Crippen LogP) is -0.171. The molecule has 0 aromatic heterocycles. The number of carbonyl (C=O) groups is 1. The molecule has 1 fully saturated rings. The summed E-state index contributed by atoms with van der Waals surface area (Å²) >= 11 is 0. The highest BCUT2D eigenvalue weighted by atomic mass is 16.5. The van der Waals surface area contributed by atoms with E-state index in [2.05, 4.69) is 13.8 Å². The second-order valence-electron chi connectivity index (χ2n) is 4.07. The SMILES string of the molecule is COCC(=O)N1CC(N)(C(C)C)C1. The van der Waals surface area contributed by atoms with Gasteiger partial charge in [-0.15, -0.1) is 0 Å². The Hall–Kier alpha value is -0.610. The highest BCUT2D eigenvalue weighted by Gasteiger charge is 2.43. The van der Waals surface area contributed by atoms with Gasteiger partial charge in [0.25, 0.3) is 0 Å². The van der Waals surface area contributed by atoms with Crippen molar-refractivity contribution in [2.45, 2.75) is 19.4 Å². The molecule has 0 saturated carbocycles. The van der Waals surface area contributed by atoms with Crippen molar-refractivity contribution in [1.82, 2.24) is 4.90 Å². The highest BCUT2D eigenvalue weighted by molar-refractivity contribution is 5.78. The number of nitrogens with zero attached hydrogens (tertiary/aromatic N) is 1. The maximum Gasteiger partial charge on any atom is 0.248 e. The Bertz CT molecular complexity index is 198. The van der Waals surface area contributed by atoms with Crippen LogP contribution in [0.4, 0.5) is 0 Å². The molecule has 2 N–H and O–H groups in total. The van der Waals surface area contributed by atoms with Crippen LogP contribution < -0.4 is 5.73 Å². The molecule has 1 aliphatic rings. The monoisotopic (exact) mass is 186 g/mol. The van der Waals surface area contributed by atoms with Gasteiger partial charge in [-0.2, -0.15) is 0 Å². The van der Waals surface area contributed by atoms with Crippen molar-refractivity contribution < 1.29 is 9.53 Å². The molecule has 0 bridgehead atoms. The van der Waals surface area contributed by atoms with E-state index in [-0.39, 0.29) is 18.1 Å². The molecule has 1 amide bonds. The summed E-state index contributed by atoms with van der Waals surface area (Å²) < 4.78 is 4.76. The van der Waals surface area contributed by atoms with E-state index >= 15 is 0 Å². The third kappa shape index (κ3) is 2.00. The number of hydrogen-bond donors (Lipinski definition) is 1. The molecule has 1 aliphatic heterocycles. The van der Waals surface area contributed by atoms with Gasteiger partial charge in [0, 0.05) is 20.2 Å². The summed E-state index contributed by atoms with van der Waals surface area (Å²) in [7, 11) is 1.52. The van der Waals surface area contributed by atoms with Crippen LogP contribution in [0.15, 0.2) is 0 Å². The van der Waals surface area contributed by atoms with Gasteiger partial charge in [0.15, 0.2) is 0 Å². The zero-order valence-corrected chi connectivity index (χ0v) is 8.54. The summed E-state index contributed by atoms with van der Waals surface area (Å²) in [5.74, 6) is 0.448. The van der Waals surface area contributed by atoms with E-state index in [0.29, 0.717) is 19.0 Å². The molecule has 0 spiro atoms. The van der Waals surface area contributed by atoms with Gasteiger partial charge in [-0.1, -0.05) is 13.8 Å². The minimum atomic E-state index is -0.177. The average molecular weight is 186 g/mol. The molecule has 0 unspecified atom stereocenters. The second-order valence-corrected chi connectivity index (χ2v) is 4.07. The van der Waals surface area contributed by atoms with Gasteiger partial charge in [0.2, 0.25) is 5.91 Å². The van der Waals surface area contributed by atoms with Crippen molar-refractivity contribution in [3.63, 3.8) is 0 Å². The second kappa shape index (κ2) is 3.64. The van der Waals surface area contributed by atoms with Crippen LogP contribution in [0.2, 0.25) is 0 Å². The van der Waals surface area contributed by atoms with E-state index in [4.69, 9.17) is 10.5 Å². The Morgan fingerprint density at radius 1 is 1.62 bits per heavy atom. The van der Waals surface area contributed by atoms with Gasteiger partial charge >= 0.3 is 0 Å². The maximum atomic E-state index is 11.3. The first-order chi connectivity index (χ1) is 5.99. The number of methoxy groups -OCH3 is 1. The van der Waals surface area contributed by atoms with Crippen LogP contribution in [0.1, 0.15) is 13.8 Å². The van der Waals surface area contributed by atoms with E-state index in [1.807, 2.05) is 0 Å². The van der Waals surface area contributed by atoms with Gasteiger partial charge in [-0.05, 0) is 5.92 Å². The van der Waals surface area contributed by atoms with Gasteiger partial charge in [0.1, 0.15) is 6.61 Å². The fraction of sp³-hybridized carbons (Fsp3) is 0.889. The van der Waals surface area contributed by atoms with Crippen LogP contribution in [0.3, 0.4) is 0 Å². The fourth-order valence-electron chi connectivity index (χ4n) is 1.42. The van der Waals surface area contributed by atoms with Crippen LogP contribution in [0.5, 0.6) is 0 Å². The van der Waals surface area contributed by atoms with E-state index in [0.717, 1.165) is 0 Å². The zero-order valence-electron chi connectivity index (χ0n) is 8.54. The summed E-state index contributed by atoms with van der Waals surface area (Å²) in [6.45, 7) is 5.64. The van der Waals surface area contributed by atoms with E-state index in [1.165, 1.54) is 7.11 Å². The molecule has 0 radical (unpaired) electrons. The van der Waals surface area contributed by atoms with Crippen LogP contribution in [-0.2, 0) is 9.53 Å². The Morgan fingerprint density at radius 3 is 2.54 bits per heavy atom. The molecule has 4 nitrogen and oxygen atoms in total. The Labute approximate surface area is 79.0 Å². The van der Waals surface area contributed by atoms with Gasteiger partial charge < -0.3 is 15.4 Å². The van der Waals surface area contributed by atoms with E-state index < -0.39 is 0 Å². The minimum Gasteiger partial charge on any atom is -0.375 e. The number of hydrogen-bond acceptors (Lipinski definition) is 3. The van der Waals surface area contributed by atoms with Gasteiger partial charge in [-0.3, -0.25) is 4.79 Å². The molecule has 4 heteroatoms. The van der Waals surface area contributed by atoms with Crippen molar-refractivity contribution in [2.75, 3.05) is 26.8 Å². The average Bonchev–Trinajstić information content (AvgIpc) is 1.98.